The van der Waals surface area contributed by atoms with Crippen molar-refractivity contribution >= 4 is 87.2 Å². The average molecular weight is 998 g/mol. The van der Waals surface area contributed by atoms with Gasteiger partial charge in [0.15, 0.2) is 0 Å². The number of nitriles is 1. The van der Waals surface area contributed by atoms with E-state index in [0.29, 0.717) is 22.3 Å². The van der Waals surface area contributed by atoms with Crippen LogP contribution in [0.2, 0.25) is 0 Å². The van der Waals surface area contributed by atoms with Crippen molar-refractivity contribution in [3.8, 4) is 51.1 Å². The van der Waals surface area contributed by atoms with Crippen LogP contribution in [0.25, 0.3) is 132 Å². The zero-order chi connectivity index (χ0) is 51.7. The number of fused-ring (bicyclic) bond motifs is 12. The number of nitrogens with zero attached hydrogens (tertiary/aromatic N) is 5. The first-order chi connectivity index (χ1) is 37.7. The largest absolute Gasteiger partial charge is 0.416 e. The molecule has 0 aliphatic carbocycles. The van der Waals surface area contributed by atoms with Crippen LogP contribution in [0, 0.1) is 18.3 Å². The summed E-state index contributed by atoms with van der Waals surface area (Å²) in [6, 6.07) is 82.3. The lowest BCUT2D eigenvalue weighted by Gasteiger charge is -2.20. The van der Waals surface area contributed by atoms with Crippen molar-refractivity contribution in [2.24, 2.45) is 0 Å². The van der Waals surface area contributed by atoms with Crippen LogP contribution < -0.4 is 0 Å². The molecule has 77 heavy (non-hydrogen) atoms. The molecule has 0 amide bonds. The summed E-state index contributed by atoms with van der Waals surface area (Å²) in [5.41, 5.74) is 14.7. The second-order valence-electron chi connectivity index (χ2n) is 20.0. The lowest BCUT2D eigenvalue weighted by molar-refractivity contribution is -0.137. The van der Waals surface area contributed by atoms with Crippen molar-refractivity contribution in [1.29, 1.82) is 5.26 Å². The molecule has 0 radical (unpaired) electrons. The predicted octanol–water partition coefficient (Wildman–Crippen LogP) is 18.6. The molecule has 0 saturated carbocycles. The van der Waals surface area contributed by atoms with Gasteiger partial charge in [0.05, 0.1) is 72.7 Å². The van der Waals surface area contributed by atoms with Crippen LogP contribution in [0.15, 0.2) is 237 Å². The Labute approximate surface area is 439 Å². The summed E-state index contributed by atoms with van der Waals surface area (Å²) >= 11 is 0. The number of benzene rings is 11. The van der Waals surface area contributed by atoms with Crippen LogP contribution in [0.3, 0.4) is 0 Å². The Hall–Kier alpha value is -10.1. The molecule has 0 N–H and O–H groups in total. The third kappa shape index (κ3) is 6.73. The Balaban J connectivity index is 1.07. The molecule has 15 rings (SSSR count). The topological polar surface area (TPSA) is 43.5 Å². The fourth-order valence-corrected chi connectivity index (χ4v) is 12.3. The summed E-state index contributed by atoms with van der Waals surface area (Å²) in [4.78, 5) is 0. The first kappa shape index (κ1) is 44.4. The van der Waals surface area contributed by atoms with Crippen molar-refractivity contribution in [2.45, 2.75) is 13.1 Å². The van der Waals surface area contributed by atoms with Gasteiger partial charge in [-0.2, -0.15) is 18.4 Å². The van der Waals surface area contributed by atoms with Gasteiger partial charge in [-0.3, -0.25) is 0 Å². The van der Waals surface area contributed by atoms with Gasteiger partial charge in [-0.05, 0) is 127 Å². The van der Waals surface area contributed by atoms with Gasteiger partial charge in [0.2, 0.25) is 0 Å². The predicted molar refractivity (Wildman–Crippen MR) is 309 cm³/mol. The molecule has 0 fully saturated rings. The molecule has 0 atom stereocenters. The molecule has 0 unspecified atom stereocenters. The van der Waals surface area contributed by atoms with Crippen LogP contribution >= 0.6 is 0 Å². The van der Waals surface area contributed by atoms with E-state index in [4.69, 9.17) is 0 Å². The van der Waals surface area contributed by atoms with Crippen molar-refractivity contribution in [1.82, 2.24) is 18.3 Å². The molecular weight excluding hydrogens is 956 g/mol. The third-order valence-corrected chi connectivity index (χ3v) is 15.6. The number of halogens is 3. The lowest BCUT2D eigenvalue weighted by atomic mass is 9.94. The first-order valence-corrected chi connectivity index (χ1v) is 25.6. The second-order valence-corrected chi connectivity index (χ2v) is 20.0. The average Bonchev–Trinajstić information content (AvgIpc) is 4.18. The van der Waals surface area contributed by atoms with Crippen molar-refractivity contribution in [3.05, 3.63) is 253 Å². The van der Waals surface area contributed by atoms with E-state index in [-0.39, 0.29) is 0 Å². The molecule has 0 aliphatic heterocycles. The standard InChI is InChI=1S/C69H42F3N5/c1-42-32-45(35-46(33-42)69(70,71)72)44-29-31-54(64(36-44)77-62-27-15-11-23-52(62)58-38-56-50-21-9-13-25-60(50)75(66(56)40-68(58)77)48-18-6-3-7-19-48)53-30-28-43(41-73)34-63(53)76-61-26-14-10-22-51(61)57-37-55-49-20-8-12-24-59(49)74(65(55)39-67(57)76)47-16-4-2-5-17-47/h2-40H,1H3. The number of aryl methyl sites for hydroxylation is 1. The highest BCUT2D eigenvalue weighted by molar-refractivity contribution is 6.21. The SMILES string of the molecule is Cc1cc(-c2ccc(-c3ccc(C#N)cc3-n3c4ccccc4c4cc5c6ccccc6n(-c6ccccc6)c5cc43)c(-n3c4ccccc4c4cc5c6ccccc6n(-c6ccccc6)c5cc43)c2)cc(C(F)(F)F)c1. The van der Waals surface area contributed by atoms with E-state index in [1.54, 1.807) is 6.92 Å². The van der Waals surface area contributed by atoms with Crippen LogP contribution in [0.4, 0.5) is 13.2 Å². The van der Waals surface area contributed by atoms with E-state index in [1.165, 1.54) is 12.1 Å². The maximum Gasteiger partial charge on any atom is 0.416 e. The zero-order valence-electron chi connectivity index (χ0n) is 41.4. The fraction of sp³-hybridized carbons (Fsp3) is 0.0290. The molecule has 4 aromatic heterocycles. The maximum atomic E-state index is 14.6. The van der Waals surface area contributed by atoms with Gasteiger partial charge in [-0.25, -0.2) is 0 Å². The lowest BCUT2D eigenvalue weighted by Crippen LogP contribution is -2.06. The van der Waals surface area contributed by atoms with Crippen molar-refractivity contribution in [2.75, 3.05) is 0 Å². The molecule has 0 aliphatic rings. The van der Waals surface area contributed by atoms with E-state index >= 15 is 0 Å². The molecule has 0 spiro atoms. The number of rotatable bonds is 6. The highest BCUT2D eigenvalue weighted by Crippen LogP contribution is 2.46. The van der Waals surface area contributed by atoms with Gasteiger partial charge in [0.1, 0.15) is 0 Å². The van der Waals surface area contributed by atoms with Gasteiger partial charge in [0.25, 0.3) is 0 Å². The second kappa shape index (κ2) is 16.7. The number of para-hydroxylation sites is 6. The Kier molecular flexibility index (Phi) is 9.63. The van der Waals surface area contributed by atoms with Crippen LogP contribution in [0.5, 0.6) is 0 Å². The maximum absolute atomic E-state index is 14.6. The smallest absolute Gasteiger partial charge is 0.309 e. The zero-order valence-corrected chi connectivity index (χ0v) is 41.4. The summed E-state index contributed by atoms with van der Waals surface area (Å²) in [6.07, 6.45) is -4.54. The molecular formula is C69H42F3N5. The molecule has 0 bridgehead atoms. The highest BCUT2D eigenvalue weighted by Gasteiger charge is 2.31. The van der Waals surface area contributed by atoms with E-state index < -0.39 is 11.7 Å². The Bertz CT molecular complexity index is 4990. The Morgan fingerprint density at radius 2 is 0.740 bits per heavy atom. The van der Waals surface area contributed by atoms with E-state index in [1.807, 2.05) is 60.7 Å². The normalized spacial score (nSPS) is 12.1. The molecule has 4 heterocycles. The van der Waals surface area contributed by atoms with Crippen LogP contribution in [-0.4, -0.2) is 18.3 Å². The van der Waals surface area contributed by atoms with Gasteiger partial charge in [0, 0.05) is 65.6 Å². The monoisotopic (exact) mass is 997 g/mol. The van der Waals surface area contributed by atoms with E-state index in [0.717, 1.165) is 121 Å². The van der Waals surface area contributed by atoms with Gasteiger partial charge >= 0.3 is 6.18 Å². The highest BCUT2D eigenvalue weighted by atomic mass is 19.4. The fourth-order valence-electron chi connectivity index (χ4n) is 12.3. The number of hydrogen-bond acceptors (Lipinski definition) is 1. The molecule has 5 nitrogen and oxygen atoms in total. The van der Waals surface area contributed by atoms with Crippen molar-refractivity contribution < 1.29 is 13.2 Å². The van der Waals surface area contributed by atoms with E-state index in [9.17, 15) is 18.4 Å². The first-order valence-electron chi connectivity index (χ1n) is 25.6. The van der Waals surface area contributed by atoms with Crippen LogP contribution in [-0.2, 0) is 6.18 Å². The summed E-state index contributed by atoms with van der Waals surface area (Å²) in [5.74, 6) is 0. The summed E-state index contributed by atoms with van der Waals surface area (Å²) in [5, 5.41) is 19.4. The van der Waals surface area contributed by atoms with Crippen LogP contribution in [0.1, 0.15) is 16.7 Å². The number of aromatic nitrogens is 4. The minimum atomic E-state index is -4.54. The third-order valence-electron chi connectivity index (χ3n) is 15.6. The summed E-state index contributed by atoms with van der Waals surface area (Å²) < 4.78 is 53.1. The number of hydrogen-bond donors (Lipinski definition) is 0. The molecule has 11 aromatic carbocycles. The Morgan fingerprint density at radius 1 is 0.338 bits per heavy atom. The molecule has 8 heteroatoms. The minimum Gasteiger partial charge on any atom is -0.309 e. The number of alkyl halides is 3. The Morgan fingerprint density at radius 3 is 1.19 bits per heavy atom. The molecule has 15 aromatic rings. The van der Waals surface area contributed by atoms with Crippen molar-refractivity contribution in [3.63, 3.8) is 0 Å². The van der Waals surface area contributed by atoms with Gasteiger partial charge in [-0.1, -0.05) is 133 Å². The molecule has 364 valence electrons. The summed E-state index contributed by atoms with van der Waals surface area (Å²) in [6.45, 7) is 1.71. The quantitative estimate of drug-likeness (QED) is 0.164. The minimum absolute atomic E-state index is 0.456. The van der Waals surface area contributed by atoms with E-state index in [2.05, 4.69) is 188 Å². The van der Waals surface area contributed by atoms with Gasteiger partial charge in [-0.15, -0.1) is 0 Å². The van der Waals surface area contributed by atoms with Gasteiger partial charge < -0.3 is 18.3 Å². The molecule has 0 saturated heterocycles. The summed E-state index contributed by atoms with van der Waals surface area (Å²) in [7, 11) is 0.